The van der Waals surface area contributed by atoms with Gasteiger partial charge >= 0.3 is 6.18 Å². The van der Waals surface area contributed by atoms with Crippen LogP contribution in [-0.4, -0.2) is 5.11 Å². The Morgan fingerprint density at radius 3 is 2.31 bits per heavy atom. The largest absolute Gasteiger partial charge is 0.416 e. The minimum atomic E-state index is -4.37. The number of halogens is 3. The van der Waals surface area contributed by atoms with Crippen LogP contribution in [0, 0.1) is 6.92 Å². The summed E-state index contributed by atoms with van der Waals surface area (Å²) >= 11 is 5.40. The highest BCUT2D eigenvalue weighted by atomic mass is 32.1. The molecule has 138 valence electrons. The van der Waals surface area contributed by atoms with Gasteiger partial charge in [-0.15, -0.1) is 0 Å². The summed E-state index contributed by atoms with van der Waals surface area (Å²) in [5, 5.41) is 6.62. The van der Waals surface area contributed by atoms with Gasteiger partial charge < -0.3 is 10.6 Å². The molecule has 2 aromatic rings. The zero-order chi connectivity index (χ0) is 18.8. The van der Waals surface area contributed by atoms with E-state index in [9.17, 15) is 13.2 Å². The van der Waals surface area contributed by atoms with E-state index in [2.05, 4.69) is 34.9 Å². The van der Waals surface area contributed by atoms with Crippen LogP contribution in [0.25, 0.3) is 0 Å². The number of rotatable bonds is 3. The molecule has 1 saturated carbocycles. The third-order valence-electron chi connectivity index (χ3n) is 4.86. The number of aryl methyl sites for hydroxylation is 1. The van der Waals surface area contributed by atoms with Gasteiger partial charge in [-0.25, -0.2) is 0 Å². The molecule has 0 spiro atoms. The van der Waals surface area contributed by atoms with Crippen LogP contribution in [0.2, 0.25) is 0 Å². The maximum Gasteiger partial charge on any atom is 0.416 e. The minimum Gasteiger partial charge on any atom is -0.353 e. The summed E-state index contributed by atoms with van der Waals surface area (Å²) in [6.45, 7) is 2.04. The number of benzene rings is 2. The van der Waals surface area contributed by atoms with E-state index in [-0.39, 0.29) is 5.54 Å². The predicted molar refractivity (Wildman–Crippen MR) is 102 cm³/mol. The van der Waals surface area contributed by atoms with Gasteiger partial charge in [-0.1, -0.05) is 48.7 Å². The molecular formula is C20H21F3N2S. The Bertz CT molecular complexity index is 778. The Morgan fingerprint density at radius 2 is 1.69 bits per heavy atom. The van der Waals surface area contributed by atoms with E-state index >= 15 is 0 Å². The summed E-state index contributed by atoms with van der Waals surface area (Å²) in [5.74, 6) is 0. The first-order chi connectivity index (χ1) is 12.3. The van der Waals surface area contributed by atoms with E-state index in [1.807, 2.05) is 6.92 Å². The summed E-state index contributed by atoms with van der Waals surface area (Å²) in [5.41, 5.74) is 1.72. The van der Waals surface area contributed by atoms with Gasteiger partial charge in [-0.3, -0.25) is 0 Å². The third-order valence-corrected chi connectivity index (χ3v) is 5.07. The molecule has 0 radical (unpaired) electrons. The Morgan fingerprint density at radius 1 is 1.04 bits per heavy atom. The van der Waals surface area contributed by atoms with Crippen LogP contribution in [0.3, 0.4) is 0 Å². The molecule has 26 heavy (non-hydrogen) atoms. The van der Waals surface area contributed by atoms with Crippen LogP contribution in [0.5, 0.6) is 0 Å². The average molecular weight is 378 g/mol. The van der Waals surface area contributed by atoms with Gasteiger partial charge in [-0.2, -0.15) is 13.2 Å². The average Bonchev–Trinajstić information content (AvgIpc) is 3.04. The molecular weight excluding hydrogens is 357 g/mol. The van der Waals surface area contributed by atoms with Crippen molar-refractivity contribution in [3.8, 4) is 0 Å². The Balaban J connectivity index is 1.76. The predicted octanol–water partition coefficient (Wildman–Crippen LogP) is 5.77. The van der Waals surface area contributed by atoms with Crippen LogP contribution >= 0.6 is 12.2 Å². The molecule has 0 unspecified atom stereocenters. The van der Waals surface area contributed by atoms with Gasteiger partial charge in [0.1, 0.15) is 0 Å². The summed E-state index contributed by atoms with van der Waals surface area (Å²) in [4.78, 5) is 0. The molecule has 1 aliphatic rings. The van der Waals surface area contributed by atoms with Crippen molar-refractivity contribution in [3.05, 3.63) is 65.2 Å². The molecule has 1 aliphatic carbocycles. The Kier molecular flexibility index (Phi) is 5.23. The van der Waals surface area contributed by atoms with E-state index in [0.29, 0.717) is 10.8 Å². The highest BCUT2D eigenvalue weighted by Crippen LogP contribution is 2.39. The summed E-state index contributed by atoms with van der Waals surface area (Å²) in [6, 6.07) is 13.4. The van der Waals surface area contributed by atoms with Crippen LogP contribution in [0.4, 0.5) is 18.9 Å². The van der Waals surface area contributed by atoms with Crippen molar-refractivity contribution in [2.45, 2.75) is 44.3 Å². The number of hydrogen-bond acceptors (Lipinski definition) is 1. The summed E-state index contributed by atoms with van der Waals surface area (Å²) in [6.07, 6.45) is -0.303. The molecule has 0 amide bonds. The number of thiocarbonyl (C=S) groups is 1. The van der Waals surface area contributed by atoms with Crippen molar-refractivity contribution in [3.63, 3.8) is 0 Å². The monoisotopic (exact) mass is 378 g/mol. The Labute approximate surface area is 156 Å². The Hall–Kier alpha value is -2.08. The molecule has 0 atom stereocenters. The van der Waals surface area contributed by atoms with E-state index in [1.165, 1.54) is 11.6 Å². The lowest BCUT2D eigenvalue weighted by molar-refractivity contribution is -0.137. The van der Waals surface area contributed by atoms with Gasteiger partial charge in [0, 0.05) is 5.69 Å². The third kappa shape index (κ3) is 4.18. The van der Waals surface area contributed by atoms with Gasteiger partial charge in [0.2, 0.25) is 0 Å². The van der Waals surface area contributed by atoms with Crippen molar-refractivity contribution < 1.29 is 13.2 Å². The van der Waals surface area contributed by atoms with E-state index in [0.717, 1.165) is 43.4 Å². The second-order valence-corrected chi connectivity index (χ2v) is 7.22. The lowest BCUT2D eigenvalue weighted by Crippen LogP contribution is -2.45. The van der Waals surface area contributed by atoms with Crippen LogP contribution in [-0.2, 0) is 11.7 Å². The molecule has 0 saturated heterocycles. The fourth-order valence-electron chi connectivity index (χ4n) is 3.49. The molecule has 0 aliphatic heterocycles. The van der Waals surface area contributed by atoms with Gasteiger partial charge in [0.05, 0.1) is 11.1 Å². The molecule has 3 rings (SSSR count). The molecule has 6 heteroatoms. The SMILES string of the molecule is Cc1ccc(C2(NC(=S)Nc3cccc(C(F)(F)F)c3)CCCC2)cc1. The second-order valence-electron chi connectivity index (χ2n) is 6.81. The second kappa shape index (κ2) is 7.27. The van der Waals surface area contributed by atoms with Gasteiger partial charge in [-0.05, 0) is 55.7 Å². The van der Waals surface area contributed by atoms with E-state index < -0.39 is 11.7 Å². The van der Waals surface area contributed by atoms with Crippen LogP contribution < -0.4 is 10.6 Å². The van der Waals surface area contributed by atoms with Crippen molar-refractivity contribution in [2.75, 3.05) is 5.32 Å². The van der Waals surface area contributed by atoms with Gasteiger partial charge in [0.25, 0.3) is 0 Å². The zero-order valence-electron chi connectivity index (χ0n) is 14.5. The van der Waals surface area contributed by atoms with Crippen molar-refractivity contribution in [2.24, 2.45) is 0 Å². The van der Waals surface area contributed by atoms with Crippen LogP contribution in [0.15, 0.2) is 48.5 Å². The number of hydrogen-bond donors (Lipinski definition) is 2. The fraction of sp³-hybridized carbons (Fsp3) is 0.350. The molecule has 0 heterocycles. The number of anilines is 1. The molecule has 0 bridgehead atoms. The summed E-state index contributed by atoms with van der Waals surface area (Å²) < 4.78 is 38.6. The lowest BCUT2D eigenvalue weighted by atomic mass is 9.88. The highest BCUT2D eigenvalue weighted by molar-refractivity contribution is 7.80. The van der Waals surface area contributed by atoms with Crippen molar-refractivity contribution in [1.29, 1.82) is 0 Å². The maximum absolute atomic E-state index is 12.9. The first-order valence-corrected chi connectivity index (χ1v) is 9.03. The van der Waals surface area contributed by atoms with E-state index in [1.54, 1.807) is 6.07 Å². The van der Waals surface area contributed by atoms with Crippen LogP contribution in [0.1, 0.15) is 42.4 Å². The molecule has 1 fully saturated rings. The number of alkyl halides is 3. The topological polar surface area (TPSA) is 24.1 Å². The first kappa shape index (κ1) is 18.7. The summed E-state index contributed by atoms with van der Waals surface area (Å²) in [7, 11) is 0. The van der Waals surface area contributed by atoms with E-state index in [4.69, 9.17) is 12.2 Å². The van der Waals surface area contributed by atoms with Crippen molar-refractivity contribution in [1.82, 2.24) is 5.32 Å². The normalized spacial score (nSPS) is 16.3. The molecule has 2 aromatic carbocycles. The van der Waals surface area contributed by atoms with Crippen molar-refractivity contribution >= 4 is 23.0 Å². The molecule has 2 N–H and O–H groups in total. The molecule has 2 nitrogen and oxygen atoms in total. The number of nitrogens with one attached hydrogen (secondary N) is 2. The lowest BCUT2D eigenvalue weighted by Gasteiger charge is -2.32. The first-order valence-electron chi connectivity index (χ1n) is 8.62. The quantitative estimate of drug-likeness (QED) is 0.663. The zero-order valence-corrected chi connectivity index (χ0v) is 15.3. The minimum absolute atomic E-state index is 0.264. The highest BCUT2D eigenvalue weighted by Gasteiger charge is 2.36. The smallest absolute Gasteiger partial charge is 0.353 e. The van der Waals surface area contributed by atoms with Gasteiger partial charge in [0.15, 0.2) is 5.11 Å². The maximum atomic E-state index is 12.9. The molecule has 0 aromatic heterocycles. The fourth-order valence-corrected chi connectivity index (χ4v) is 3.80. The standard InChI is InChI=1S/C20H21F3N2S/c1-14-7-9-15(10-8-14)19(11-2-3-12-19)25-18(26)24-17-6-4-5-16(13-17)20(21,22)23/h4-10,13H,2-3,11-12H2,1H3,(H2,24,25,26).